The smallest absolute Gasteiger partial charge is 0.257 e. The van der Waals surface area contributed by atoms with Gasteiger partial charge in [-0.1, -0.05) is 13.0 Å². The topological polar surface area (TPSA) is 70.7 Å². The minimum atomic E-state index is -0.109. The van der Waals surface area contributed by atoms with Gasteiger partial charge >= 0.3 is 0 Å². The van der Waals surface area contributed by atoms with E-state index in [1.165, 1.54) is 0 Å². The molecule has 0 aromatic heterocycles. The fourth-order valence-electron chi connectivity index (χ4n) is 3.38. The number of nitrogens with zero attached hydrogens (tertiary/aromatic N) is 1. The van der Waals surface area contributed by atoms with Crippen LogP contribution in [-0.2, 0) is 9.59 Å². The SMILES string of the molecule is CC1(CNC(=O)COc2cccc(N3CCCC3=O)c2)CCNCC1. The van der Waals surface area contributed by atoms with Crippen LogP contribution in [0, 0.1) is 5.41 Å². The van der Waals surface area contributed by atoms with Gasteiger partial charge in [-0.3, -0.25) is 9.59 Å². The van der Waals surface area contributed by atoms with Crippen molar-refractivity contribution in [1.82, 2.24) is 10.6 Å². The average Bonchev–Trinajstić information content (AvgIpc) is 3.05. The van der Waals surface area contributed by atoms with Gasteiger partial charge in [-0.05, 0) is 49.9 Å². The average molecular weight is 345 g/mol. The van der Waals surface area contributed by atoms with E-state index in [0.29, 0.717) is 18.7 Å². The van der Waals surface area contributed by atoms with E-state index in [1.807, 2.05) is 24.3 Å². The van der Waals surface area contributed by atoms with E-state index in [9.17, 15) is 9.59 Å². The van der Waals surface area contributed by atoms with Crippen molar-refractivity contribution in [2.24, 2.45) is 5.41 Å². The lowest BCUT2D eigenvalue weighted by Gasteiger charge is -2.34. The molecule has 2 aliphatic heterocycles. The van der Waals surface area contributed by atoms with Gasteiger partial charge in [0.1, 0.15) is 5.75 Å². The van der Waals surface area contributed by atoms with E-state index in [1.54, 1.807) is 4.90 Å². The Bertz CT molecular complexity index is 626. The first-order chi connectivity index (χ1) is 12.1. The third-order valence-electron chi connectivity index (χ3n) is 5.10. The molecule has 2 heterocycles. The van der Waals surface area contributed by atoms with Crippen molar-refractivity contribution < 1.29 is 14.3 Å². The van der Waals surface area contributed by atoms with Gasteiger partial charge in [-0.15, -0.1) is 0 Å². The monoisotopic (exact) mass is 345 g/mol. The van der Waals surface area contributed by atoms with Crippen molar-refractivity contribution in [2.75, 3.05) is 37.7 Å². The summed E-state index contributed by atoms with van der Waals surface area (Å²) in [6.45, 7) is 5.64. The van der Waals surface area contributed by atoms with Crippen LogP contribution in [0.4, 0.5) is 5.69 Å². The van der Waals surface area contributed by atoms with E-state index >= 15 is 0 Å². The van der Waals surface area contributed by atoms with Gasteiger partial charge < -0.3 is 20.3 Å². The molecule has 3 rings (SSSR count). The number of ether oxygens (including phenoxy) is 1. The maximum Gasteiger partial charge on any atom is 0.257 e. The Hall–Kier alpha value is -2.08. The molecule has 6 nitrogen and oxygen atoms in total. The summed E-state index contributed by atoms with van der Waals surface area (Å²) in [6.07, 6.45) is 3.63. The second-order valence-corrected chi connectivity index (χ2v) is 7.27. The van der Waals surface area contributed by atoms with Crippen LogP contribution in [0.2, 0.25) is 0 Å². The minimum Gasteiger partial charge on any atom is -0.484 e. The fraction of sp³-hybridized carbons (Fsp3) is 0.579. The summed E-state index contributed by atoms with van der Waals surface area (Å²) in [7, 11) is 0. The van der Waals surface area contributed by atoms with Crippen LogP contribution in [0.1, 0.15) is 32.6 Å². The summed E-state index contributed by atoms with van der Waals surface area (Å²) in [5, 5.41) is 6.32. The highest BCUT2D eigenvalue weighted by Gasteiger charge is 2.27. The molecule has 2 amide bonds. The molecule has 136 valence electrons. The molecule has 2 saturated heterocycles. The first-order valence-electron chi connectivity index (χ1n) is 9.06. The number of amides is 2. The Morgan fingerprint density at radius 2 is 2.16 bits per heavy atom. The van der Waals surface area contributed by atoms with Crippen LogP contribution >= 0.6 is 0 Å². The predicted octanol–water partition coefficient (Wildman–Crippen LogP) is 1.70. The number of nitrogens with one attached hydrogen (secondary N) is 2. The lowest BCUT2D eigenvalue weighted by Crippen LogP contribution is -2.43. The molecule has 0 aliphatic carbocycles. The highest BCUT2D eigenvalue weighted by Crippen LogP contribution is 2.27. The van der Waals surface area contributed by atoms with Crippen molar-refractivity contribution in [3.05, 3.63) is 24.3 Å². The molecule has 2 aliphatic rings. The molecule has 0 saturated carbocycles. The van der Waals surface area contributed by atoms with Gasteiger partial charge in [-0.25, -0.2) is 0 Å². The molecule has 1 aromatic carbocycles. The van der Waals surface area contributed by atoms with E-state index in [2.05, 4.69) is 17.6 Å². The highest BCUT2D eigenvalue weighted by molar-refractivity contribution is 5.95. The summed E-state index contributed by atoms with van der Waals surface area (Å²) < 4.78 is 5.61. The molecule has 0 radical (unpaired) electrons. The molecule has 0 spiro atoms. The van der Waals surface area contributed by atoms with E-state index in [-0.39, 0.29) is 23.8 Å². The summed E-state index contributed by atoms with van der Waals surface area (Å²) in [5.41, 5.74) is 0.999. The van der Waals surface area contributed by atoms with Gasteiger partial charge in [-0.2, -0.15) is 0 Å². The number of rotatable bonds is 6. The second kappa shape index (κ2) is 7.87. The third kappa shape index (κ3) is 4.72. The van der Waals surface area contributed by atoms with Crippen LogP contribution < -0.4 is 20.3 Å². The first-order valence-corrected chi connectivity index (χ1v) is 9.06. The van der Waals surface area contributed by atoms with Crippen LogP contribution in [0.25, 0.3) is 0 Å². The molecule has 2 N–H and O–H groups in total. The molecule has 1 aromatic rings. The maximum absolute atomic E-state index is 12.1. The Morgan fingerprint density at radius 3 is 2.88 bits per heavy atom. The molecule has 0 atom stereocenters. The zero-order valence-electron chi connectivity index (χ0n) is 14.8. The van der Waals surface area contributed by atoms with Crippen molar-refractivity contribution >= 4 is 17.5 Å². The number of carbonyl (C=O) groups excluding carboxylic acids is 2. The van der Waals surface area contributed by atoms with Crippen LogP contribution in [0.3, 0.4) is 0 Å². The number of hydrogen-bond donors (Lipinski definition) is 2. The number of benzene rings is 1. The maximum atomic E-state index is 12.1. The molecular weight excluding hydrogens is 318 g/mol. The zero-order chi connectivity index (χ0) is 17.7. The molecule has 0 bridgehead atoms. The Labute approximate surface area is 148 Å². The summed E-state index contributed by atoms with van der Waals surface area (Å²) in [4.78, 5) is 25.7. The lowest BCUT2D eigenvalue weighted by atomic mass is 9.81. The van der Waals surface area contributed by atoms with Crippen molar-refractivity contribution in [1.29, 1.82) is 0 Å². The second-order valence-electron chi connectivity index (χ2n) is 7.27. The van der Waals surface area contributed by atoms with Crippen molar-refractivity contribution in [2.45, 2.75) is 32.6 Å². The molecular formula is C19H27N3O3. The summed E-state index contributed by atoms with van der Waals surface area (Å²) in [5.74, 6) is 0.646. The first kappa shape index (κ1) is 17.7. The van der Waals surface area contributed by atoms with Crippen LogP contribution in [0.5, 0.6) is 5.75 Å². The largest absolute Gasteiger partial charge is 0.484 e. The zero-order valence-corrected chi connectivity index (χ0v) is 14.8. The van der Waals surface area contributed by atoms with Crippen molar-refractivity contribution in [3.8, 4) is 5.75 Å². The summed E-state index contributed by atoms with van der Waals surface area (Å²) in [6, 6.07) is 7.38. The highest BCUT2D eigenvalue weighted by atomic mass is 16.5. The van der Waals surface area contributed by atoms with Crippen LogP contribution in [0.15, 0.2) is 24.3 Å². The number of hydrogen-bond acceptors (Lipinski definition) is 4. The standard InChI is InChI=1S/C19H27N3O3/c1-19(7-9-20-10-8-19)14-21-17(23)13-25-16-5-2-4-15(12-16)22-11-3-6-18(22)24/h2,4-5,12,20H,3,6-11,13-14H2,1H3,(H,21,23). The molecule has 25 heavy (non-hydrogen) atoms. The Balaban J connectivity index is 1.48. The molecule has 6 heteroatoms. The van der Waals surface area contributed by atoms with Gasteiger partial charge in [0.05, 0.1) is 0 Å². The van der Waals surface area contributed by atoms with Gasteiger partial charge in [0.25, 0.3) is 5.91 Å². The lowest BCUT2D eigenvalue weighted by molar-refractivity contribution is -0.123. The Kier molecular flexibility index (Phi) is 5.58. The summed E-state index contributed by atoms with van der Waals surface area (Å²) >= 11 is 0. The minimum absolute atomic E-state index is 0.00820. The molecule has 0 unspecified atom stereocenters. The van der Waals surface area contributed by atoms with E-state index in [4.69, 9.17) is 4.74 Å². The normalized spacial score (nSPS) is 19.7. The predicted molar refractivity (Wildman–Crippen MR) is 96.7 cm³/mol. The van der Waals surface area contributed by atoms with E-state index < -0.39 is 0 Å². The fourth-order valence-corrected chi connectivity index (χ4v) is 3.38. The number of carbonyl (C=O) groups is 2. The molecule has 2 fully saturated rings. The quantitative estimate of drug-likeness (QED) is 0.823. The van der Waals surface area contributed by atoms with Crippen molar-refractivity contribution in [3.63, 3.8) is 0 Å². The van der Waals surface area contributed by atoms with Gasteiger partial charge in [0.15, 0.2) is 6.61 Å². The van der Waals surface area contributed by atoms with Gasteiger partial charge in [0, 0.05) is 31.3 Å². The van der Waals surface area contributed by atoms with Crippen LogP contribution in [-0.4, -0.2) is 44.6 Å². The van der Waals surface area contributed by atoms with E-state index in [0.717, 1.165) is 44.6 Å². The Morgan fingerprint density at radius 1 is 1.36 bits per heavy atom. The number of anilines is 1. The number of piperidine rings is 1. The third-order valence-corrected chi connectivity index (χ3v) is 5.10. The van der Waals surface area contributed by atoms with Gasteiger partial charge in [0.2, 0.25) is 5.91 Å².